The number of halogens is 1. The second-order valence-electron chi connectivity index (χ2n) is 18.0. The van der Waals surface area contributed by atoms with E-state index in [4.69, 9.17) is 9.47 Å². The number of nitrogens with one attached hydrogen (secondary N) is 2. The van der Waals surface area contributed by atoms with Crippen LogP contribution in [-0.4, -0.2) is 115 Å². The van der Waals surface area contributed by atoms with Gasteiger partial charge in [-0.05, 0) is 130 Å². The van der Waals surface area contributed by atoms with Gasteiger partial charge in [-0.15, -0.1) is 0 Å². The molecule has 15 nitrogen and oxygen atoms in total. The molecule has 2 N–H and O–H groups in total. The fourth-order valence-corrected chi connectivity index (χ4v) is 10.2. The summed E-state index contributed by atoms with van der Waals surface area (Å²) in [5.74, 6) is -0.539. The maximum absolute atomic E-state index is 15.5. The predicted octanol–water partition coefficient (Wildman–Crippen LogP) is 5.99. The number of ether oxygens (including phenoxy) is 2. The van der Waals surface area contributed by atoms with E-state index < -0.39 is 29.9 Å². The zero-order valence-electron chi connectivity index (χ0n) is 36.0. The van der Waals surface area contributed by atoms with Gasteiger partial charge in [0.25, 0.3) is 5.91 Å². The third kappa shape index (κ3) is 8.52. The molecule has 1 unspecified atom stereocenters. The molecule has 2 aromatic heterocycles. The average molecular weight is 861 g/mol. The lowest BCUT2D eigenvalue weighted by Crippen LogP contribution is -2.54. The zero-order chi connectivity index (χ0) is 44.0. The number of aryl methyl sites for hydroxylation is 1. The normalized spacial score (nSPS) is 20.4. The number of pyridine rings is 2. The summed E-state index contributed by atoms with van der Waals surface area (Å²) >= 11 is 0. The molecule has 5 amide bonds. The van der Waals surface area contributed by atoms with E-state index in [9.17, 15) is 24.0 Å². The first kappa shape index (κ1) is 42.2. The lowest BCUT2D eigenvalue weighted by Gasteiger charge is -2.51. The second-order valence-corrected chi connectivity index (χ2v) is 18.0. The summed E-state index contributed by atoms with van der Waals surface area (Å²) in [5.41, 5.74) is 4.99. The summed E-state index contributed by atoms with van der Waals surface area (Å²) in [6.07, 6.45) is 8.92. The summed E-state index contributed by atoms with van der Waals surface area (Å²) in [7, 11) is 1.97. The molecule has 4 aromatic rings. The van der Waals surface area contributed by atoms with Gasteiger partial charge in [-0.25, -0.2) is 19.2 Å². The van der Waals surface area contributed by atoms with E-state index in [-0.39, 0.29) is 30.2 Å². The number of benzene rings is 2. The number of likely N-dealkylation sites (N-methyl/N-ethyl adjacent to an activating group) is 1. The summed E-state index contributed by atoms with van der Waals surface area (Å²) in [5, 5.41) is 6.36. The molecule has 1 atom stereocenters. The summed E-state index contributed by atoms with van der Waals surface area (Å²) < 4.78 is 27.0. The van der Waals surface area contributed by atoms with Crippen LogP contribution in [0.2, 0.25) is 0 Å². The monoisotopic (exact) mass is 860 g/mol. The van der Waals surface area contributed by atoms with E-state index in [1.807, 2.05) is 39.1 Å². The smallest absolute Gasteiger partial charge is 0.413 e. The van der Waals surface area contributed by atoms with Crippen molar-refractivity contribution in [1.29, 1.82) is 0 Å². The number of carbonyl (C=O) groups is 5. The molecule has 4 fully saturated rings. The van der Waals surface area contributed by atoms with Gasteiger partial charge < -0.3 is 24.2 Å². The van der Waals surface area contributed by atoms with Crippen molar-refractivity contribution in [3.63, 3.8) is 0 Å². The minimum absolute atomic E-state index is 0.0718. The zero-order valence-corrected chi connectivity index (χ0v) is 36.0. The van der Waals surface area contributed by atoms with E-state index >= 15 is 4.39 Å². The van der Waals surface area contributed by atoms with Gasteiger partial charge in [-0.2, -0.15) is 0 Å². The van der Waals surface area contributed by atoms with Gasteiger partial charge in [-0.3, -0.25) is 34.7 Å². The molecule has 9 rings (SSSR count). The Morgan fingerprint density at radius 2 is 1.76 bits per heavy atom. The molecule has 16 heteroatoms. The Kier molecular flexibility index (Phi) is 11.5. The number of imide groups is 2. The maximum atomic E-state index is 15.5. The van der Waals surface area contributed by atoms with Crippen molar-refractivity contribution in [1.82, 2.24) is 25.1 Å². The summed E-state index contributed by atoms with van der Waals surface area (Å²) in [6, 6.07) is 9.63. The largest absolute Gasteiger partial charge is 0.474 e. The quantitative estimate of drug-likeness (QED) is 0.149. The Morgan fingerprint density at radius 1 is 0.984 bits per heavy atom. The van der Waals surface area contributed by atoms with Crippen molar-refractivity contribution in [3.8, 4) is 17.0 Å². The van der Waals surface area contributed by atoms with Crippen LogP contribution in [0.1, 0.15) is 72.9 Å². The molecule has 4 aliphatic heterocycles. The van der Waals surface area contributed by atoms with Crippen LogP contribution in [-0.2, 0) is 19.1 Å². The van der Waals surface area contributed by atoms with Crippen LogP contribution >= 0.6 is 0 Å². The molecule has 0 radical (unpaired) electrons. The van der Waals surface area contributed by atoms with Crippen molar-refractivity contribution in [2.75, 3.05) is 68.0 Å². The molecule has 1 spiro atoms. The third-order valence-corrected chi connectivity index (χ3v) is 14.0. The molecule has 3 saturated heterocycles. The number of piperidine rings is 3. The Hall–Kier alpha value is -6.16. The number of carbonyl (C=O) groups excluding carboxylic acids is 5. The molecular weight excluding hydrogens is 808 g/mol. The number of amides is 5. The van der Waals surface area contributed by atoms with Crippen LogP contribution in [0.25, 0.3) is 21.9 Å². The van der Waals surface area contributed by atoms with Crippen LogP contribution in [0.5, 0.6) is 5.88 Å². The molecule has 5 aliphatic rings. The van der Waals surface area contributed by atoms with Gasteiger partial charge in [0, 0.05) is 73.3 Å². The molecule has 1 saturated carbocycles. The minimum atomic E-state index is -1.01. The van der Waals surface area contributed by atoms with E-state index in [0.29, 0.717) is 58.3 Å². The van der Waals surface area contributed by atoms with Crippen LogP contribution < -0.4 is 25.2 Å². The highest BCUT2D eigenvalue weighted by Gasteiger charge is 2.48. The molecule has 1 aliphatic carbocycles. The maximum Gasteiger partial charge on any atom is 0.413 e. The van der Waals surface area contributed by atoms with Crippen molar-refractivity contribution in [3.05, 3.63) is 71.3 Å². The first-order valence-electron chi connectivity index (χ1n) is 22.0. The van der Waals surface area contributed by atoms with Crippen molar-refractivity contribution in [2.24, 2.45) is 11.3 Å². The number of aromatic nitrogens is 2. The summed E-state index contributed by atoms with van der Waals surface area (Å²) in [6.45, 7) is 9.77. The minimum Gasteiger partial charge on any atom is -0.474 e. The van der Waals surface area contributed by atoms with Crippen LogP contribution in [0, 0.1) is 31.0 Å². The first-order chi connectivity index (χ1) is 30.4. The highest BCUT2D eigenvalue weighted by Crippen LogP contribution is 2.50. The SMILES string of the molecule is Cc1ccc(N2CCC(CN3CCC4(CC3)CC(OC(=O)Nc3cc5cc(-c6cnc7c(c6C)N(C)CCO7)c(F)cc5cn3)C4)CC2)cc1C(=O)N(C=O)C1CCC(=O)NC1=O. The van der Waals surface area contributed by atoms with Crippen LogP contribution in [0.3, 0.4) is 0 Å². The number of hydrogen-bond acceptors (Lipinski definition) is 12. The molecule has 6 heterocycles. The number of anilines is 3. The van der Waals surface area contributed by atoms with Crippen LogP contribution in [0.4, 0.5) is 26.4 Å². The molecule has 0 bridgehead atoms. The number of rotatable bonds is 9. The fourth-order valence-electron chi connectivity index (χ4n) is 10.2. The number of likely N-dealkylation sites (tertiary alicyclic amines) is 1. The standard InChI is InChI=1S/C47H53FN8O7/c1-28-4-5-33(21-35(28)45(60)56(27-57)39-6-7-41(58)52-43(39)59)55-12-8-30(9-13-55)26-54-14-10-47(11-15-54)22-34(23-47)63-46(61)51-40-20-31-18-36(38(48)19-32(31)24-49-40)37-25-50-44-42(29(37)2)53(3)16-17-62-44/h4-5,18-21,24-25,27,30,34,39H,6-17,22-23,26H2,1-3H3,(H,49,51,61)(H,52,58,59). The Morgan fingerprint density at radius 3 is 2.51 bits per heavy atom. The topological polar surface area (TPSA) is 167 Å². The Labute approximate surface area is 365 Å². The Bertz CT molecular complexity index is 2480. The molecule has 63 heavy (non-hydrogen) atoms. The lowest BCUT2D eigenvalue weighted by atomic mass is 9.61. The number of hydrogen-bond donors (Lipinski definition) is 2. The molecular formula is C47H53FN8O7. The van der Waals surface area contributed by atoms with E-state index in [2.05, 4.69) is 35.3 Å². The van der Waals surface area contributed by atoms with Gasteiger partial charge in [0.1, 0.15) is 36.1 Å². The van der Waals surface area contributed by atoms with Gasteiger partial charge in [-0.1, -0.05) is 6.07 Å². The first-order valence-corrected chi connectivity index (χ1v) is 22.0. The van der Waals surface area contributed by atoms with Gasteiger partial charge in [0.2, 0.25) is 24.1 Å². The highest BCUT2D eigenvalue weighted by molar-refractivity contribution is 6.08. The average Bonchev–Trinajstić information content (AvgIpc) is 3.25. The number of fused-ring (bicyclic) bond motifs is 2. The molecule has 2 aromatic carbocycles. The van der Waals surface area contributed by atoms with Crippen LogP contribution in [0.15, 0.2) is 48.8 Å². The van der Waals surface area contributed by atoms with E-state index in [1.165, 1.54) is 6.07 Å². The van der Waals surface area contributed by atoms with E-state index in [0.717, 1.165) is 105 Å². The van der Waals surface area contributed by atoms with Crippen molar-refractivity contribution < 1.29 is 37.8 Å². The third-order valence-electron chi connectivity index (χ3n) is 14.0. The summed E-state index contributed by atoms with van der Waals surface area (Å²) in [4.78, 5) is 79.3. The molecule has 330 valence electrons. The number of nitrogens with zero attached hydrogens (tertiary/aromatic N) is 6. The van der Waals surface area contributed by atoms with Gasteiger partial charge in [0.05, 0.1) is 6.54 Å². The second kappa shape index (κ2) is 17.2. The van der Waals surface area contributed by atoms with Gasteiger partial charge in [0.15, 0.2) is 0 Å². The van der Waals surface area contributed by atoms with E-state index in [1.54, 1.807) is 24.5 Å². The predicted molar refractivity (Wildman–Crippen MR) is 234 cm³/mol. The Balaban J connectivity index is 0.731. The van der Waals surface area contributed by atoms with Crippen molar-refractivity contribution in [2.45, 2.75) is 77.4 Å². The van der Waals surface area contributed by atoms with Gasteiger partial charge >= 0.3 is 6.09 Å². The highest BCUT2D eigenvalue weighted by atomic mass is 19.1. The van der Waals surface area contributed by atoms with Crippen molar-refractivity contribution >= 4 is 58.2 Å². The fraction of sp³-hybridized carbons (Fsp3) is 0.468. The lowest BCUT2D eigenvalue weighted by molar-refractivity contribution is -0.139.